The highest BCUT2D eigenvalue weighted by Gasteiger charge is 2.28. The summed E-state index contributed by atoms with van der Waals surface area (Å²) < 4.78 is 0. The van der Waals surface area contributed by atoms with Gasteiger partial charge in [0.25, 0.3) is 0 Å². The van der Waals surface area contributed by atoms with Crippen molar-refractivity contribution in [1.82, 2.24) is 4.90 Å². The third-order valence-electron chi connectivity index (χ3n) is 4.90. The van der Waals surface area contributed by atoms with Crippen LogP contribution in [0.15, 0.2) is 48.5 Å². The van der Waals surface area contributed by atoms with Gasteiger partial charge >= 0.3 is 0 Å². The lowest BCUT2D eigenvalue weighted by Gasteiger charge is -2.36. The number of aryl methyl sites for hydroxylation is 2. The smallest absolute Gasteiger partial charge is 0.227 e. The van der Waals surface area contributed by atoms with Gasteiger partial charge < -0.3 is 9.80 Å². The largest absolute Gasteiger partial charge is 0.312 e. The second kappa shape index (κ2) is 7.83. The van der Waals surface area contributed by atoms with Crippen LogP contribution in [0.3, 0.4) is 0 Å². The van der Waals surface area contributed by atoms with E-state index in [0.717, 1.165) is 31.6 Å². The fourth-order valence-electron chi connectivity index (χ4n) is 3.69. The Balaban J connectivity index is 1.72. The van der Waals surface area contributed by atoms with Gasteiger partial charge in [-0.2, -0.15) is 0 Å². The maximum absolute atomic E-state index is 12.9. The number of carbonyl (C=O) groups is 1. The minimum atomic E-state index is 0.233. The molecule has 25 heavy (non-hydrogen) atoms. The van der Waals surface area contributed by atoms with Gasteiger partial charge in [0.05, 0.1) is 0 Å². The third kappa shape index (κ3) is 4.49. The van der Waals surface area contributed by atoms with Crippen LogP contribution in [0.25, 0.3) is 0 Å². The van der Waals surface area contributed by atoms with Crippen LogP contribution in [0, 0.1) is 12.8 Å². The van der Waals surface area contributed by atoms with Crippen LogP contribution in [0.4, 0.5) is 5.69 Å². The summed E-state index contributed by atoms with van der Waals surface area (Å²) in [6.45, 7) is 3.92. The molecule has 1 aliphatic heterocycles. The molecule has 0 aromatic heterocycles. The lowest BCUT2D eigenvalue weighted by atomic mass is 9.91. The van der Waals surface area contributed by atoms with Crippen LogP contribution < -0.4 is 4.90 Å². The van der Waals surface area contributed by atoms with E-state index in [1.807, 2.05) is 11.0 Å². The number of para-hydroxylation sites is 1. The predicted octanol–water partition coefficient (Wildman–Crippen LogP) is 3.69. The molecule has 0 saturated carbocycles. The van der Waals surface area contributed by atoms with Crippen LogP contribution in [0.1, 0.15) is 23.1 Å². The van der Waals surface area contributed by atoms with Crippen molar-refractivity contribution in [2.24, 2.45) is 5.92 Å². The molecule has 3 rings (SSSR count). The lowest BCUT2D eigenvalue weighted by Crippen LogP contribution is -2.43. The van der Waals surface area contributed by atoms with Crippen LogP contribution in [-0.2, 0) is 17.6 Å². The quantitative estimate of drug-likeness (QED) is 0.831. The van der Waals surface area contributed by atoms with Gasteiger partial charge in [-0.1, -0.05) is 48.0 Å². The van der Waals surface area contributed by atoms with Gasteiger partial charge in [-0.05, 0) is 57.0 Å². The lowest BCUT2D eigenvalue weighted by molar-refractivity contribution is -0.118. The standard InChI is InChI=1S/C22H28N2O/c1-17-8-10-18(11-9-17)12-13-22(25)24-16-19(15-23(2)3)14-20-6-4-5-7-21(20)24/h4-11,19H,12-16H2,1-3H3. The maximum atomic E-state index is 12.9. The first-order chi connectivity index (χ1) is 12.0. The van der Waals surface area contributed by atoms with E-state index in [0.29, 0.717) is 12.3 Å². The Morgan fingerprint density at radius 3 is 2.56 bits per heavy atom. The van der Waals surface area contributed by atoms with Gasteiger partial charge in [-0.3, -0.25) is 4.79 Å². The molecule has 0 bridgehead atoms. The fourth-order valence-corrected chi connectivity index (χ4v) is 3.69. The van der Waals surface area contributed by atoms with Crippen molar-refractivity contribution in [2.75, 3.05) is 32.1 Å². The molecule has 0 saturated heterocycles. The number of amides is 1. The molecule has 0 N–H and O–H groups in total. The number of carbonyl (C=O) groups excluding carboxylic acids is 1. The molecule has 0 radical (unpaired) electrons. The molecule has 0 spiro atoms. The van der Waals surface area contributed by atoms with Crippen LogP contribution in [-0.4, -0.2) is 38.0 Å². The SMILES string of the molecule is Cc1ccc(CCC(=O)N2CC(CN(C)C)Cc3ccccc32)cc1. The van der Waals surface area contributed by atoms with Crippen molar-refractivity contribution < 1.29 is 4.79 Å². The summed E-state index contributed by atoms with van der Waals surface area (Å²) >= 11 is 0. The molecule has 2 aromatic carbocycles. The van der Waals surface area contributed by atoms with Gasteiger partial charge in [-0.25, -0.2) is 0 Å². The Kier molecular flexibility index (Phi) is 5.54. The summed E-state index contributed by atoms with van der Waals surface area (Å²) in [4.78, 5) is 17.2. The molecule has 0 aliphatic carbocycles. The highest BCUT2D eigenvalue weighted by molar-refractivity contribution is 5.94. The fraction of sp³-hybridized carbons (Fsp3) is 0.409. The van der Waals surface area contributed by atoms with E-state index >= 15 is 0 Å². The molecule has 132 valence electrons. The van der Waals surface area contributed by atoms with E-state index in [4.69, 9.17) is 0 Å². The number of hydrogen-bond acceptors (Lipinski definition) is 2. The predicted molar refractivity (Wildman–Crippen MR) is 104 cm³/mol. The molecular formula is C22H28N2O. The number of nitrogens with zero attached hydrogens (tertiary/aromatic N) is 2. The van der Waals surface area contributed by atoms with Gasteiger partial charge in [0.2, 0.25) is 5.91 Å². The molecule has 2 aromatic rings. The first-order valence-corrected chi connectivity index (χ1v) is 9.11. The van der Waals surface area contributed by atoms with Crippen LogP contribution in [0.2, 0.25) is 0 Å². The van der Waals surface area contributed by atoms with Crippen LogP contribution in [0.5, 0.6) is 0 Å². The topological polar surface area (TPSA) is 23.6 Å². The average molecular weight is 336 g/mol. The summed E-state index contributed by atoms with van der Waals surface area (Å²) in [5.74, 6) is 0.727. The summed E-state index contributed by atoms with van der Waals surface area (Å²) in [7, 11) is 4.20. The van der Waals surface area contributed by atoms with E-state index in [2.05, 4.69) is 68.4 Å². The van der Waals surface area contributed by atoms with E-state index < -0.39 is 0 Å². The Morgan fingerprint density at radius 1 is 1.12 bits per heavy atom. The molecule has 0 fully saturated rings. The zero-order valence-corrected chi connectivity index (χ0v) is 15.5. The molecule has 3 nitrogen and oxygen atoms in total. The monoisotopic (exact) mass is 336 g/mol. The van der Waals surface area contributed by atoms with Crippen LogP contribution >= 0.6 is 0 Å². The Morgan fingerprint density at radius 2 is 1.84 bits per heavy atom. The molecule has 1 amide bonds. The van der Waals surface area contributed by atoms with Gasteiger partial charge in [0.1, 0.15) is 0 Å². The second-order valence-corrected chi connectivity index (χ2v) is 7.45. The minimum Gasteiger partial charge on any atom is -0.312 e. The molecule has 3 heteroatoms. The van der Waals surface area contributed by atoms with Crippen molar-refractivity contribution in [3.8, 4) is 0 Å². The highest BCUT2D eigenvalue weighted by atomic mass is 16.2. The maximum Gasteiger partial charge on any atom is 0.227 e. The van der Waals surface area contributed by atoms with Crippen molar-refractivity contribution in [2.45, 2.75) is 26.2 Å². The van der Waals surface area contributed by atoms with Crippen molar-refractivity contribution in [1.29, 1.82) is 0 Å². The molecule has 1 heterocycles. The minimum absolute atomic E-state index is 0.233. The summed E-state index contributed by atoms with van der Waals surface area (Å²) in [5.41, 5.74) is 4.89. The second-order valence-electron chi connectivity index (χ2n) is 7.45. The summed E-state index contributed by atoms with van der Waals surface area (Å²) in [5, 5.41) is 0. The van der Waals surface area contributed by atoms with Gasteiger partial charge in [-0.15, -0.1) is 0 Å². The Hall–Kier alpha value is -2.13. The normalized spacial score (nSPS) is 16.8. The van der Waals surface area contributed by atoms with E-state index in [1.165, 1.54) is 16.7 Å². The first-order valence-electron chi connectivity index (χ1n) is 9.11. The van der Waals surface area contributed by atoms with Crippen molar-refractivity contribution >= 4 is 11.6 Å². The number of benzene rings is 2. The molecular weight excluding hydrogens is 308 g/mol. The average Bonchev–Trinajstić information content (AvgIpc) is 2.59. The summed E-state index contributed by atoms with van der Waals surface area (Å²) in [6, 6.07) is 16.8. The number of anilines is 1. The number of hydrogen-bond donors (Lipinski definition) is 0. The zero-order chi connectivity index (χ0) is 17.8. The zero-order valence-electron chi connectivity index (χ0n) is 15.5. The number of rotatable bonds is 5. The Labute approximate surface area is 151 Å². The molecule has 1 unspecified atom stereocenters. The Bertz CT molecular complexity index is 721. The van der Waals surface area contributed by atoms with Crippen molar-refractivity contribution in [3.05, 3.63) is 65.2 Å². The third-order valence-corrected chi connectivity index (χ3v) is 4.90. The van der Waals surface area contributed by atoms with Gasteiger partial charge in [0, 0.05) is 25.2 Å². The highest BCUT2D eigenvalue weighted by Crippen LogP contribution is 2.30. The van der Waals surface area contributed by atoms with Gasteiger partial charge in [0.15, 0.2) is 0 Å². The first kappa shape index (κ1) is 17.7. The van der Waals surface area contributed by atoms with E-state index in [9.17, 15) is 4.79 Å². The molecule has 1 aliphatic rings. The number of fused-ring (bicyclic) bond motifs is 1. The van der Waals surface area contributed by atoms with Crippen molar-refractivity contribution in [3.63, 3.8) is 0 Å². The molecule has 1 atom stereocenters. The summed E-state index contributed by atoms with van der Waals surface area (Å²) in [6.07, 6.45) is 2.41. The van der Waals surface area contributed by atoms with E-state index in [1.54, 1.807) is 0 Å². The van der Waals surface area contributed by atoms with E-state index in [-0.39, 0.29) is 5.91 Å².